The minimum absolute atomic E-state index is 0.174. The van der Waals surface area contributed by atoms with Gasteiger partial charge in [0.25, 0.3) is 0 Å². The van der Waals surface area contributed by atoms with Gasteiger partial charge in [0.2, 0.25) is 10.0 Å². The first-order valence-electron chi connectivity index (χ1n) is 8.27. The normalized spacial score (nSPS) is 22.5. The van der Waals surface area contributed by atoms with Crippen molar-refractivity contribution < 1.29 is 8.42 Å². The van der Waals surface area contributed by atoms with E-state index in [2.05, 4.69) is 38.8 Å². The maximum atomic E-state index is 12.1. The van der Waals surface area contributed by atoms with E-state index in [0.717, 1.165) is 19.0 Å². The van der Waals surface area contributed by atoms with Crippen molar-refractivity contribution in [2.45, 2.75) is 25.2 Å². The molecule has 2 unspecified atom stereocenters. The number of nitrogens with zero attached hydrogens (tertiary/aromatic N) is 3. The molecule has 0 aromatic carbocycles. The van der Waals surface area contributed by atoms with Crippen LogP contribution in [0.1, 0.15) is 20.3 Å². The fourth-order valence-corrected chi connectivity index (χ4v) is 4.11. The Morgan fingerprint density at radius 2 is 2.04 bits per heavy atom. The van der Waals surface area contributed by atoms with Gasteiger partial charge in [-0.2, -0.15) is 0 Å². The fraction of sp³-hybridized carbons (Fsp3) is 0.625. The summed E-state index contributed by atoms with van der Waals surface area (Å²) in [7, 11) is -1.76. The molecule has 1 aromatic rings. The molecule has 0 aliphatic carbocycles. The van der Waals surface area contributed by atoms with Crippen LogP contribution in [0.2, 0.25) is 0 Å². The van der Waals surface area contributed by atoms with Gasteiger partial charge in [-0.05, 0) is 30.4 Å². The standard InChI is InChI=1S/C16H27N5O2S/c1-13-9-14(2)12-21(11-13)16(17-3)19-7-8-20-24(22,23)15-5-4-6-18-10-15/h4-6,10,13-14,20H,7-9,11-12H2,1-3H3,(H,17,19). The molecule has 0 radical (unpaired) electrons. The van der Waals surface area contributed by atoms with Gasteiger partial charge in [0, 0.05) is 45.6 Å². The molecule has 2 N–H and O–H groups in total. The highest BCUT2D eigenvalue weighted by Gasteiger charge is 2.23. The lowest BCUT2D eigenvalue weighted by molar-refractivity contribution is 0.208. The van der Waals surface area contributed by atoms with Crippen LogP contribution in [0.5, 0.6) is 0 Å². The van der Waals surface area contributed by atoms with E-state index in [1.807, 2.05) is 0 Å². The second-order valence-electron chi connectivity index (χ2n) is 6.41. The molecule has 1 aliphatic heterocycles. The van der Waals surface area contributed by atoms with E-state index in [1.165, 1.54) is 18.7 Å². The number of pyridine rings is 1. The van der Waals surface area contributed by atoms with Crippen molar-refractivity contribution in [1.29, 1.82) is 0 Å². The SMILES string of the molecule is CN=C(NCCNS(=O)(=O)c1cccnc1)N1CC(C)CC(C)C1. The highest BCUT2D eigenvalue weighted by Crippen LogP contribution is 2.20. The van der Waals surface area contributed by atoms with Crippen LogP contribution in [0.3, 0.4) is 0 Å². The summed E-state index contributed by atoms with van der Waals surface area (Å²) in [5, 5.41) is 3.24. The number of nitrogens with one attached hydrogen (secondary N) is 2. The third-order valence-corrected chi connectivity index (χ3v) is 5.47. The Kier molecular flexibility index (Phi) is 6.56. The number of aliphatic imine (C=N–C) groups is 1. The molecular weight excluding hydrogens is 326 g/mol. The molecule has 2 atom stereocenters. The predicted molar refractivity (Wildman–Crippen MR) is 95.3 cm³/mol. The molecule has 8 heteroatoms. The summed E-state index contributed by atoms with van der Waals surface area (Å²) in [6.45, 7) is 7.22. The summed E-state index contributed by atoms with van der Waals surface area (Å²) in [5.41, 5.74) is 0. The van der Waals surface area contributed by atoms with Crippen LogP contribution >= 0.6 is 0 Å². The molecule has 1 saturated heterocycles. The van der Waals surface area contributed by atoms with E-state index in [-0.39, 0.29) is 11.4 Å². The van der Waals surface area contributed by atoms with Crippen molar-refractivity contribution in [3.8, 4) is 0 Å². The van der Waals surface area contributed by atoms with E-state index >= 15 is 0 Å². The maximum Gasteiger partial charge on any atom is 0.242 e. The molecule has 1 fully saturated rings. The highest BCUT2D eigenvalue weighted by atomic mass is 32.2. The first kappa shape index (κ1) is 18.7. The first-order chi connectivity index (χ1) is 11.4. The molecule has 2 heterocycles. The zero-order valence-electron chi connectivity index (χ0n) is 14.6. The summed E-state index contributed by atoms with van der Waals surface area (Å²) in [6, 6.07) is 3.13. The van der Waals surface area contributed by atoms with E-state index in [9.17, 15) is 8.42 Å². The number of hydrogen-bond acceptors (Lipinski definition) is 4. The highest BCUT2D eigenvalue weighted by molar-refractivity contribution is 7.89. The van der Waals surface area contributed by atoms with E-state index in [4.69, 9.17) is 0 Å². The molecule has 1 aromatic heterocycles. The second-order valence-corrected chi connectivity index (χ2v) is 8.18. The van der Waals surface area contributed by atoms with Gasteiger partial charge in [-0.15, -0.1) is 0 Å². The van der Waals surface area contributed by atoms with Crippen LogP contribution in [0.25, 0.3) is 0 Å². The Morgan fingerprint density at radius 1 is 1.33 bits per heavy atom. The van der Waals surface area contributed by atoms with Gasteiger partial charge in [-0.1, -0.05) is 13.8 Å². The zero-order valence-corrected chi connectivity index (χ0v) is 15.4. The van der Waals surface area contributed by atoms with Crippen molar-refractivity contribution in [3.63, 3.8) is 0 Å². The Balaban J connectivity index is 1.82. The number of piperidine rings is 1. The Morgan fingerprint density at radius 3 is 2.62 bits per heavy atom. The van der Waals surface area contributed by atoms with Crippen molar-refractivity contribution >= 4 is 16.0 Å². The lowest BCUT2D eigenvalue weighted by Crippen LogP contribution is -2.49. The number of likely N-dealkylation sites (tertiary alicyclic amines) is 1. The Labute approximate surface area is 144 Å². The van der Waals surface area contributed by atoms with E-state index < -0.39 is 10.0 Å². The maximum absolute atomic E-state index is 12.1. The molecule has 0 saturated carbocycles. The Hall–Kier alpha value is -1.67. The summed E-state index contributed by atoms with van der Waals surface area (Å²) in [6.07, 6.45) is 4.12. The number of sulfonamides is 1. The number of rotatable bonds is 5. The minimum Gasteiger partial charge on any atom is -0.355 e. The van der Waals surface area contributed by atoms with Gasteiger partial charge in [-0.3, -0.25) is 9.98 Å². The number of guanidine groups is 1. The lowest BCUT2D eigenvalue weighted by Gasteiger charge is -2.37. The average Bonchev–Trinajstić information content (AvgIpc) is 2.55. The molecule has 0 bridgehead atoms. The van der Waals surface area contributed by atoms with Crippen LogP contribution in [0.4, 0.5) is 0 Å². The fourth-order valence-electron chi connectivity index (χ4n) is 3.12. The molecule has 1 aliphatic rings. The second kappa shape index (κ2) is 8.43. The largest absolute Gasteiger partial charge is 0.355 e. The molecule has 7 nitrogen and oxygen atoms in total. The number of hydrogen-bond donors (Lipinski definition) is 2. The predicted octanol–water partition coefficient (Wildman–Crippen LogP) is 0.913. The van der Waals surface area contributed by atoms with Crippen LogP contribution in [0, 0.1) is 11.8 Å². The smallest absolute Gasteiger partial charge is 0.242 e. The molecule has 134 valence electrons. The molecule has 0 spiro atoms. The lowest BCUT2D eigenvalue weighted by atomic mass is 9.92. The van der Waals surface area contributed by atoms with Crippen LogP contribution in [-0.2, 0) is 10.0 Å². The van der Waals surface area contributed by atoms with Gasteiger partial charge in [0.15, 0.2) is 5.96 Å². The van der Waals surface area contributed by atoms with Crippen molar-refractivity contribution in [3.05, 3.63) is 24.5 Å². The van der Waals surface area contributed by atoms with Crippen LogP contribution in [-0.4, -0.2) is 57.5 Å². The van der Waals surface area contributed by atoms with Gasteiger partial charge >= 0.3 is 0 Å². The van der Waals surface area contributed by atoms with Gasteiger partial charge in [0.1, 0.15) is 4.90 Å². The average molecular weight is 353 g/mol. The zero-order chi connectivity index (χ0) is 17.6. The molecular formula is C16H27N5O2S. The third-order valence-electron chi connectivity index (χ3n) is 4.03. The summed E-state index contributed by atoms with van der Waals surface area (Å²) in [4.78, 5) is 10.6. The molecule has 0 amide bonds. The van der Waals surface area contributed by atoms with Crippen molar-refractivity contribution in [2.24, 2.45) is 16.8 Å². The molecule has 24 heavy (non-hydrogen) atoms. The first-order valence-corrected chi connectivity index (χ1v) is 9.76. The topological polar surface area (TPSA) is 86.7 Å². The van der Waals surface area contributed by atoms with Crippen molar-refractivity contribution in [2.75, 3.05) is 33.2 Å². The summed E-state index contributed by atoms with van der Waals surface area (Å²) in [5.74, 6) is 2.10. The van der Waals surface area contributed by atoms with Crippen molar-refractivity contribution in [1.82, 2.24) is 19.9 Å². The third kappa shape index (κ3) is 5.17. The quantitative estimate of drug-likeness (QED) is 0.467. The van der Waals surface area contributed by atoms with Gasteiger partial charge in [0.05, 0.1) is 0 Å². The Bertz CT molecular complexity index is 638. The monoisotopic (exact) mass is 353 g/mol. The summed E-state index contributed by atoms with van der Waals surface area (Å²) < 4.78 is 26.8. The van der Waals surface area contributed by atoms with Gasteiger partial charge in [-0.25, -0.2) is 13.1 Å². The van der Waals surface area contributed by atoms with E-state index in [0.29, 0.717) is 18.4 Å². The van der Waals surface area contributed by atoms with Gasteiger partial charge < -0.3 is 10.2 Å². The minimum atomic E-state index is -3.51. The van der Waals surface area contributed by atoms with Crippen LogP contribution < -0.4 is 10.0 Å². The molecule has 2 rings (SSSR count). The number of aromatic nitrogens is 1. The van der Waals surface area contributed by atoms with E-state index in [1.54, 1.807) is 19.3 Å². The summed E-state index contributed by atoms with van der Waals surface area (Å²) >= 11 is 0. The van der Waals surface area contributed by atoms with Crippen LogP contribution in [0.15, 0.2) is 34.4 Å².